The summed E-state index contributed by atoms with van der Waals surface area (Å²) in [5, 5.41) is 26.8. The predicted octanol–water partition coefficient (Wildman–Crippen LogP) is 0.138. The van der Waals surface area contributed by atoms with Crippen LogP contribution in [0.1, 0.15) is 53.8 Å². The molecule has 2 aromatic heterocycles. The fourth-order valence-electron chi connectivity index (χ4n) is 3.16. The zero-order valence-corrected chi connectivity index (χ0v) is 17.0. The Morgan fingerprint density at radius 2 is 2.10 bits per heavy atom. The van der Waals surface area contributed by atoms with Crippen LogP contribution in [0, 0.1) is 0 Å². The van der Waals surface area contributed by atoms with Crippen molar-refractivity contribution < 1.29 is 14.4 Å². The van der Waals surface area contributed by atoms with Crippen LogP contribution in [0.4, 0.5) is 0 Å². The Morgan fingerprint density at radius 3 is 2.74 bits per heavy atom. The van der Waals surface area contributed by atoms with Gasteiger partial charge in [0.15, 0.2) is 11.5 Å². The lowest BCUT2D eigenvalue weighted by Gasteiger charge is -2.12. The van der Waals surface area contributed by atoms with Gasteiger partial charge in [-0.2, -0.15) is 0 Å². The molecule has 0 spiro atoms. The zero-order chi connectivity index (χ0) is 21.8. The maximum absolute atomic E-state index is 12.7. The number of hydrogen-bond donors (Lipinski definition) is 2. The molecule has 0 radical (unpaired) electrons. The molecule has 2 N–H and O–H groups in total. The van der Waals surface area contributed by atoms with Crippen LogP contribution >= 0.6 is 0 Å². The van der Waals surface area contributed by atoms with Crippen LogP contribution < -0.4 is 16.2 Å². The maximum atomic E-state index is 12.7. The SMILES string of the molecule is CCN=C([O-])c1ccc(-n2nnc(C(=O)NC3CC3)c2CCCc2noc(=O)[nH]2)cc1. The maximum Gasteiger partial charge on any atom is 0.438 e. The highest BCUT2D eigenvalue weighted by Crippen LogP contribution is 2.21. The molecule has 31 heavy (non-hydrogen) atoms. The van der Waals surface area contributed by atoms with Crippen molar-refractivity contribution in [3.8, 4) is 5.69 Å². The molecular formula is C20H22N7O4-. The van der Waals surface area contributed by atoms with Crippen LogP contribution in [0.25, 0.3) is 5.69 Å². The minimum absolute atomic E-state index is 0.193. The van der Waals surface area contributed by atoms with Gasteiger partial charge in [-0.3, -0.25) is 14.3 Å². The lowest BCUT2D eigenvalue weighted by Crippen LogP contribution is -2.27. The van der Waals surface area contributed by atoms with Crippen molar-refractivity contribution in [1.29, 1.82) is 0 Å². The normalized spacial score (nSPS) is 14.0. The largest absolute Gasteiger partial charge is 0.858 e. The Hall–Kier alpha value is -3.76. The molecule has 0 atom stereocenters. The van der Waals surface area contributed by atoms with Gasteiger partial charge in [-0.15, -0.1) is 5.10 Å². The molecule has 1 fully saturated rings. The second kappa shape index (κ2) is 8.94. The Bertz CT molecular complexity index is 1140. The smallest absolute Gasteiger partial charge is 0.438 e. The fourth-order valence-corrected chi connectivity index (χ4v) is 3.16. The highest BCUT2D eigenvalue weighted by Gasteiger charge is 2.27. The predicted molar refractivity (Wildman–Crippen MR) is 108 cm³/mol. The van der Waals surface area contributed by atoms with E-state index in [1.54, 1.807) is 35.9 Å². The van der Waals surface area contributed by atoms with Crippen molar-refractivity contribution >= 4 is 11.8 Å². The molecule has 0 aliphatic heterocycles. The van der Waals surface area contributed by atoms with Crippen LogP contribution in [0.15, 0.2) is 38.6 Å². The monoisotopic (exact) mass is 424 g/mol. The summed E-state index contributed by atoms with van der Waals surface area (Å²) in [5.74, 6) is -0.697. The summed E-state index contributed by atoms with van der Waals surface area (Å²) in [7, 11) is 0. The molecule has 1 aliphatic rings. The number of benzene rings is 1. The number of nitrogens with one attached hydrogen (secondary N) is 2. The van der Waals surface area contributed by atoms with E-state index in [0.29, 0.717) is 48.6 Å². The zero-order valence-electron chi connectivity index (χ0n) is 17.0. The van der Waals surface area contributed by atoms with E-state index >= 15 is 0 Å². The molecule has 0 saturated heterocycles. The first kappa shape index (κ1) is 20.5. The first-order valence-corrected chi connectivity index (χ1v) is 10.2. The molecule has 3 aromatic rings. The van der Waals surface area contributed by atoms with Gasteiger partial charge in [0.2, 0.25) is 0 Å². The van der Waals surface area contributed by atoms with Gasteiger partial charge >= 0.3 is 5.76 Å². The van der Waals surface area contributed by atoms with Crippen molar-refractivity contribution in [1.82, 2.24) is 30.5 Å². The topological polar surface area (TPSA) is 154 Å². The van der Waals surface area contributed by atoms with Crippen LogP contribution in [0.2, 0.25) is 0 Å². The van der Waals surface area contributed by atoms with E-state index in [2.05, 4.69) is 35.3 Å². The standard InChI is InChI=1S/C20H23N7O4/c1-2-21-18(28)12-6-10-14(11-7-12)27-15(4-3-5-16-23-20(30)31-25-16)17(24-26-27)19(29)22-13-8-9-13/h6-7,10-11,13H,2-5,8-9H2,1H3,(H,21,28)(H,22,29)(H,23,25,30)/p-1. The summed E-state index contributed by atoms with van der Waals surface area (Å²) in [4.78, 5) is 30.1. The number of nitrogens with zero attached hydrogens (tertiary/aromatic N) is 5. The first-order valence-electron chi connectivity index (χ1n) is 10.2. The number of carbonyl (C=O) groups excluding carboxylic acids is 1. The van der Waals surface area contributed by atoms with E-state index in [4.69, 9.17) is 0 Å². The Balaban J connectivity index is 1.58. The molecule has 4 rings (SSSR count). The summed E-state index contributed by atoms with van der Waals surface area (Å²) in [6.45, 7) is 2.22. The lowest BCUT2D eigenvalue weighted by molar-refractivity contribution is -0.213. The molecular weight excluding hydrogens is 402 g/mol. The minimum Gasteiger partial charge on any atom is -0.858 e. The van der Waals surface area contributed by atoms with Gasteiger partial charge in [0.1, 0.15) is 0 Å². The van der Waals surface area contributed by atoms with E-state index in [0.717, 1.165) is 12.8 Å². The van der Waals surface area contributed by atoms with E-state index in [-0.39, 0.29) is 23.5 Å². The number of amides is 1. The Labute approximate surface area is 177 Å². The highest BCUT2D eigenvalue weighted by atomic mass is 16.5. The number of H-pyrrole nitrogens is 1. The molecule has 2 heterocycles. The van der Waals surface area contributed by atoms with Crippen molar-refractivity contribution in [2.45, 2.75) is 45.1 Å². The van der Waals surface area contributed by atoms with Gasteiger partial charge in [0, 0.05) is 19.0 Å². The Kier molecular flexibility index (Phi) is 5.92. The number of carbonyl (C=O) groups is 1. The van der Waals surface area contributed by atoms with Gasteiger partial charge in [-0.1, -0.05) is 22.5 Å². The van der Waals surface area contributed by atoms with Gasteiger partial charge in [-0.05, 0) is 56.2 Å². The van der Waals surface area contributed by atoms with Crippen LogP contribution in [0.3, 0.4) is 0 Å². The van der Waals surface area contributed by atoms with E-state index in [1.807, 2.05) is 0 Å². The Morgan fingerprint density at radius 1 is 1.32 bits per heavy atom. The lowest BCUT2D eigenvalue weighted by atomic mass is 10.1. The van der Waals surface area contributed by atoms with E-state index < -0.39 is 5.76 Å². The van der Waals surface area contributed by atoms with Crippen molar-refractivity contribution in [2.24, 2.45) is 4.99 Å². The van der Waals surface area contributed by atoms with Gasteiger partial charge < -0.3 is 15.4 Å². The summed E-state index contributed by atoms with van der Waals surface area (Å²) >= 11 is 0. The van der Waals surface area contributed by atoms with E-state index in [1.165, 1.54) is 0 Å². The quantitative estimate of drug-likeness (QED) is 0.366. The van der Waals surface area contributed by atoms with Crippen LogP contribution in [-0.2, 0) is 12.8 Å². The third-order valence-electron chi connectivity index (χ3n) is 4.86. The molecule has 1 amide bonds. The molecule has 1 aliphatic carbocycles. The molecule has 0 unspecified atom stereocenters. The molecule has 11 heteroatoms. The van der Waals surface area contributed by atoms with Crippen molar-refractivity contribution in [3.63, 3.8) is 0 Å². The molecule has 11 nitrogen and oxygen atoms in total. The molecule has 1 aromatic carbocycles. The number of aliphatic imine (C=N–C) groups is 1. The highest BCUT2D eigenvalue weighted by molar-refractivity contribution is 5.94. The second-order valence-corrected chi connectivity index (χ2v) is 7.27. The number of hydrogen-bond acceptors (Lipinski definition) is 8. The summed E-state index contributed by atoms with van der Waals surface area (Å²) < 4.78 is 6.11. The number of aromatic amines is 1. The summed E-state index contributed by atoms with van der Waals surface area (Å²) in [6, 6.07) is 7.03. The molecule has 1 saturated carbocycles. The average Bonchev–Trinajstić information content (AvgIpc) is 3.32. The van der Waals surface area contributed by atoms with Gasteiger partial charge in [-0.25, -0.2) is 9.48 Å². The minimum atomic E-state index is -0.601. The average molecular weight is 424 g/mol. The second-order valence-electron chi connectivity index (χ2n) is 7.27. The molecule has 162 valence electrons. The van der Waals surface area contributed by atoms with E-state index in [9.17, 15) is 14.7 Å². The summed E-state index contributed by atoms with van der Waals surface area (Å²) in [5.41, 5.74) is 2.06. The first-order chi connectivity index (χ1) is 15.0. The summed E-state index contributed by atoms with van der Waals surface area (Å²) in [6.07, 6.45) is 3.46. The number of rotatable bonds is 9. The van der Waals surface area contributed by atoms with Crippen molar-refractivity contribution in [2.75, 3.05) is 6.54 Å². The van der Waals surface area contributed by atoms with Gasteiger partial charge in [0.25, 0.3) is 5.91 Å². The fraction of sp³-hybridized carbons (Fsp3) is 0.400. The van der Waals surface area contributed by atoms with Gasteiger partial charge in [0.05, 0.1) is 11.4 Å². The van der Waals surface area contributed by atoms with Crippen LogP contribution in [0.5, 0.6) is 0 Å². The van der Waals surface area contributed by atoms with Crippen LogP contribution in [-0.4, -0.2) is 49.5 Å². The third kappa shape index (κ3) is 4.87. The number of aromatic nitrogens is 5. The third-order valence-corrected chi connectivity index (χ3v) is 4.86. The number of aryl methyl sites for hydroxylation is 1. The van der Waals surface area contributed by atoms with Crippen molar-refractivity contribution in [3.05, 3.63) is 57.6 Å². The molecule has 0 bridgehead atoms.